The maximum Gasteiger partial charge on any atom is 0.134 e. The summed E-state index contributed by atoms with van der Waals surface area (Å²) in [6.07, 6.45) is 0. The van der Waals surface area contributed by atoms with Crippen molar-refractivity contribution in [3.8, 4) is 5.75 Å². The van der Waals surface area contributed by atoms with Crippen LogP contribution < -0.4 is 5.73 Å². The van der Waals surface area contributed by atoms with Gasteiger partial charge >= 0.3 is 0 Å². The molecule has 0 saturated carbocycles. The second-order valence-electron chi connectivity index (χ2n) is 6.27. The van der Waals surface area contributed by atoms with Crippen molar-refractivity contribution < 1.29 is 5.11 Å². The Morgan fingerprint density at radius 1 is 0.655 bits per heavy atom. The smallest absolute Gasteiger partial charge is 0.134 e. The molecule has 6 nitrogen and oxygen atoms in total. The van der Waals surface area contributed by atoms with E-state index in [9.17, 15) is 5.11 Å². The molecule has 0 radical (unpaired) electrons. The molecule has 0 aromatic heterocycles. The van der Waals surface area contributed by atoms with Crippen LogP contribution in [0.3, 0.4) is 0 Å². The van der Waals surface area contributed by atoms with Gasteiger partial charge in [-0.15, -0.1) is 5.11 Å². The molecule has 0 heterocycles. The molecule has 0 bridgehead atoms. The van der Waals surface area contributed by atoms with Crippen molar-refractivity contribution in [3.05, 3.63) is 83.9 Å². The Balaban J connectivity index is 1.52. The van der Waals surface area contributed by atoms with Crippen LogP contribution in [0.25, 0.3) is 10.8 Å². The Morgan fingerprint density at radius 2 is 1.24 bits per heavy atom. The van der Waals surface area contributed by atoms with Gasteiger partial charge in [-0.2, -0.15) is 15.3 Å². The van der Waals surface area contributed by atoms with Crippen molar-refractivity contribution >= 4 is 50.8 Å². The van der Waals surface area contributed by atoms with Crippen LogP contribution in [0.5, 0.6) is 5.75 Å². The number of halogens is 1. The van der Waals surface area contributed by atoms with Gasteiger partial charge in [-0.3, -0.25) is 0 Å². The fourth-order valence-electron chi connectivity index (χ4n) is 2.76. The van der Waals surface area contributed by atoms with Crippen molar-refractivity contribution in [2.75, 3.05) is 5.73 Å². The van der Waals surface area contributed by atoms with Gasteiger partial charge in [-0.1, -0.05) is 35.9 Å². The number of hydrogen-bond acceptors (Lipinski definition) is 6. The van der Waals surface area contributed by atoms with E-state index in [0.29, 0.717) is 22.7 Å². The molecule has 29 heavy (non-hydrogen) atoms. The highest BCUT2D eigenvalue weighted by atomic mass is 35.5. The number of aromatic hydroxyl groups is 1. The van der Waals surface area contributed by atoms with E-state index < -0.39 is 0 Å². The Bertz CT molecular complexity index is 1240. The molecule has 3 N–H and O–H groups in total. The van der Waals surface area contributed by atoms with Gasteiger partial charge < -0.3 is 10.8 Å². The van der Waals surface area contributed by atoms with E-state index in [1.54, 1.807) is 36.4 Å². The second kappa shape index (κ2) is 8.08. The van der Waals surface area contributed by atoms with E-state index in [4.69, 9.17) is 17.3 Å². The summed E-state index contributed by atoms with van der Waals surface area (Å²) in [6, 6.07) is 23.3. The molecule has 0 aliphatic heterocycles. The average Bonchev–Trinajstić information content (AvgIpc) is 2.75. The van der Waals surface area contributed by atoms with Gasteiger partial charge in [0.15, 0.2) is 0 Å². The first kappa shape index (κ1) is 18.6. The van der Waals surface area contributed by atoms with Gasteiger partial charge in [-0.25, -0.2) is 0 Å². The number of azo groups is 2. The Morgan fingerprint density at radius 3 is 1.93 bits per heavy atom. The predicted molar refractivity (Wildman–Crippen MR) is 116 cm³/mol. The molecular weight excluding hydrogens is 386 g/mol. The first-order chi connectivity index (χ1) is 14.1. The molecule has 4 aromatic carbocycles. The second-order valence-corrected chi connectivity index (χ2v) is 6.68. The molecule has 142 valence electrons. The number of phenolic OH excluding ortho intramolecular Hbond substituents is 1. The van der Waals surface area contributed by atoms with Crippen LogP contribution in [-0.4, -0.2) is 5.11 Å². The molecule has 4 aromatic rings. The largest absolute Gasteiger partial charge is 0.506 e. The number of phenols is 1. The lowest BCUT2D eigenvalue weighted by atomic mass is 10.1. The number of hydrogen-bond donors (Lipinski definition) is 2. The van der Waals surface area contributed by atoms with E-state index in [1.807, 2.05) is 36.4 Å². The van der Waals surface area contributed by atoms with Crippen molar-refractivity contribution in [1.29, 1.82) is 0 Å². The number of nitrogen functional groups attached to an aromatic ring is 1. The lowest BCUT2D eigenvalue weighted by Gasteiger charge is -2.04. The van der Waals surface area contributed by atoms with E-state index >= 15 is 0 Å². The van der Waals surface area contributed by atoms with Crippen LogP contribution >= 0.6 is 11.6 Å². The minimum atomic E-state index is 0.00853. The first-order valence-corrected chi connectivity index (χ1v) is 9.17. The van der Waals surface area contributed by atoms with Gasteiger partial charge in [-0.05, 0) is 54.6 Å². The highest BCUT2D eigenvalue weighted by Gasteiger charge is 2.03. The molecule has 0 aliphatic carbocycles. The van der Waals surface area contributed by atoms with E-state index in [2.05, 4.69) is 20.5 Å². The lowest BCUT2D eigenvalue weighted by molar-refractivity contribution is 0.475. The topological polar surface area (TPSA) is 95.7 Å². The zero-order chi connectivity index (χ0) is 20.2. The van der Waals surface area contributed by atoms with Crippen LogP contribution in [0.2, 0.25) is 5.02 Å². The summed E-state index contributed by atoms with van der Waals surface area (Å²) in [5.74, 6) is 0.00853. The fraction of sp³-hybridized carbons (Fsp3) is 0. The summed E-state index contributed by atoms with van der Waals surface area (Å²) in [5, 5.41) is 28.5. The van der Waals surface area contributed by atoms with E-state index in [0.717, 1.165) is 16.5 Å². The van der Waals surface area contributed by atoms with Crippen LogP contribution in [0.1, 0.15) is 0 Å². The van der Waals surface area contributed by atoms with Crippen LogP contribution in [0, 0.1) is 0 Å². The maximum absolute atomic E-state index is 9.43. The first-order valence-electron chi connectivity index (χ1n) is 8.79. The zero-order valence-corrected chi connectivity index (χ0v) is 16.0. The summed E-state index contributed by atoms with van der Waals surface area (Å²) in [5.41, 5.74) is 9.39. The molecule has 0 atom stereocenters. The van der Waals surface area contributed by atoms with Crippen LogP contribution in [0.4, 0.5) is 28.4 Å². The summed E-state index contributed by atoms with van der Waals surface area (Å²) in [4.78, 5) is 0. The highest BCUT2D eigenvalue weighted by molar-refractivity contribution is 6.32. The summed E-state index contributed by atoms with van der Waals surface area (Å²) in [7, 11) is 0. The third-order valence-corrected chi connectivity index (χ3v) is 4.57. The third kappa shape index (κ3) is 4.23. The van der Waals surface area contributed by atoms with Gasteiger partial charge in [0.25, 0.3) is 0 Å². The number of fused-ring (bicyclic) bond motifs is 1. The molecule has 4 rings (SSSR count). The standard InChI is InChI=1S/C22H16ClN5O/c23-19-13-16(9-12-22(19)29)27-25-14-5-7-15(8-6-14)26-28-21-11-10-20(24)17-3-1-2-4-18(17)21/h1-13,29H,24H2. The SMILES string of the molecule is Nc1ccc(N=Nc2ccc(N=Nc3ccc(O)c(Cl)c3)cc2)c2ccccc12. The predicted octanol–water partition coefficient (Wildman–Crippen LogP) is 7.61. The Kier molecular flexibility index (Phi) is 5.18. The highest BCUT2D eigenvalue weighted by Crippen LogP contribution is 2.32. The van der Waals surface area contributed by atoms with Gasteiger partial charge in [0, 0.05) is 16.5 Å². The molecule has 0 aliphatic rings. The normalized spacial score (nSPS) is 11.6. The third-order valence-electron chi connectivity index (χ3n) is 4.27. The summed E-state index contributed by atoms with van der Waals surface area (Å²) in [6.45, 7) is 0. The molecule has 0 amide bonds. The Labute approximate surface area is 172 Å². The van der Waals surface area contributed by atoms with Gasteiger partial charge in [0.2, 0.25) is 0 Å². The van der Waals surface area contributed by atoms with Crippen molar-refractivity contribution in [2.24, 2.45) is 20.5 Å². The van der Waals surface area contributed by atoms with E-state index in [1.165, 1.54) is 6.07 Å². The maximum atomic E-state index is 9.43. The molecule has 0 spiro atoms. The molecule has 0 unspecified atom stereocenters. The minimum absolute atomic E-state index is 0.00853. The monoisotopic (exact) mass is 401 g/mol. The number of nitrogens with two attached hydrogens (primary N) is 1. The molecule has 7 heteroatoms. The van der Waals surface area contributed by atoms with Crippen LogP contribution in [0.15, 0.2) is 99.3 Å². The molecular formula is C22H16ClN5O. The Hall–Kier alpha value is -3.77. The van der Waals surface area contributed by atoms with Gasteiger partial charge in [0.05, 0.1) is 27.8 Å². The van der Waals surface area contributed by atoms with Gasteiger partial charge in [0.1, 0.15) is 5.75 Å². The van der Waals surface area contributed by atoms with Crippen molar-refractivity contribution in [1.82, 2.24) is 0 Å². The van der Waals surface area contributed by atoms with Crippen molar-refractivity contribution in [2.45, 2.75) is 0 Å². The quantitative estimate of drug-likeness (QED) is 0.271. The zero-order valence-electron chi connectivity index (χ0n) is 15.2. The summed E-state index contributed by atoms with van der Waals surface area (Å²) < 4.78 is 0. The number of anilines is 1. The summed E-state index contributed by atoms with van der Waals surface area (Å²) >= 11 is 5.87. The fourth-order valence-corrected chi connectivity index (χ4v) is 2.94. The molecule has 0 saturated heterocycles. The molecule has 0 fully saturated rings. The average molecular weight is 402 g/mol. The van der Waals surface area contributed by atoms with Crippen LogP contribution in [-0.2, 0) is 0 Å². The lowest BCUT2D eigenvalue weighted by Crippen LogP contribution is -1.86. The number of benzene rings is 4. The number of rotatable bonds is 4. The van der Waals surface area contributed by atoms with E-state index in [-0.39, 0.29) is 10.8 Å². The van der Waals surface area contributed by atoms with Crippen molar-refractivity contribution in [3.63, 3.8) is 0 Å². The minimum Gasteiger partial charge on any atom is -0.506 e. The number of nitrogens with zero attached hydrogens (tertiary/aromatic N) is 4.